The Kier molecular flexibility index (Phi) is 5.40. The van der Waals surface area contributed by atoms with E-state index in [0.717, 1.165) is 0 Å². The maximum absolute atomic E-state index is 11.2. The van der Waals surface area contributed by atoms with Gasteiger partial charge in [-0.05, 0) is 24.3 Å². The number of anilines is 1. The van der Waals surface area contributed by atoms with Gasteiger partial charge in [-0.15, -0.1) is 0 Å². The molecular weight excluding hydrogens is 304 g/mol. The van der Waals surface area contributed by atoms with Crippen molar-refractivity contribution in [3.8, 4) is 5.75 Å². The van der Waals surface area contributed by atoms with Gasteiger partial charge in [0.25, 0.3) is 0 Å². The summed E-state index contributed by atoms with van der Waals surface area (Å²) < 4.78 is 14.2. The minimum atomic E-state index is -1.08. The molecule has 3 N–H and O–H groups in total. The topological polar surface area (TPSA) is 91.1 Å². The third-order valence-electron chi connectivity index (χ3n) is 2.86. The van der Waals surface area contributed by atoms with E-state index in [-0.39, 0.29) is 5.56 Å². The quantitative estimate of drug-likeness (QED) is 0.429. The minimum absolute atomic E-state index is 0.0568. The Labute approximate surface area is 131 Å². The van der Waals surface area contributed by atoms with Crippen LogP contribution >= 0.6 is 12.0 Å². The fourth-order valence-electron chi connectivity index (χ4n) is 1.77. The van der Waals surface area contributed by atoms with Gasteiger partial charge in [-0.3, -0.25) is 5.43 Å². The molecule has 0 spiro atoms. The number of hydrogen-bond donors (Lipinski definition) is 3. The Balaban J connectivity index is 2.21. The van der Waals surface area contributed by atoms with E-state index in [1.807, 2.05) is 6.07 Å². The van der Waals surface area contributed by atoms with Crippen molar-refractivity contribution in [3.63, 3.8) is 0 Å². The van der Waals surface area contributed by atoms with Gasteiger partial charge in [-0.2, -0.15) is 5.10 Å². The predicted molar refractivity (Wildman–Crippen MR) is 86.1 cm³/mol. The fraction of sp³-hybridized carbons (Fsp3) is 0.0667. The van der Waals surface area contributed by atoms with Crippen molar-refractivity contribution in [1.82, 2.24) is 0 Å². The summed E-state index contributed by atoms with van der Waals surface area (Å²) in [6, 6.07) is 11.8. The molecule has 7 heteroatoms. The van der Waals surface area contributed by atoms with Crippen molar-refractivity contribution in [1.29, 1.82) is 0 Å². The van der Waals surface area contributed by atoms with Gasteiger partial charge in [0.15, 0.2) is 0 Å². The average Bonchev–Trinajstić information content (AvgIpc) is 2.55. The Morgan fingerprint density at radius 1 is 1.32 bits per heavy atom. The van der Waals surface area contributed by atoms with E-state index in [2.05, 4.69) is 10.5 Å². The van der Waals surface area contributed by atoms with Crippen molar-refractivity contribution in [3.05, 3.63) is 53.6 Å². The van der Waals surface area contributed by atoms with Crippen molar-refractivity contribution in [2.75, 3.05) is 12.5 Å². The van der Waals surface area contributed by atoms with Gasteiger partial charge in [-0.25, -0.2) is 4.79 Å². The highest BCUT2D eigenvalue weighted by Crippen LogP contribution is 2.22. The summed E-state index contributed by atoms with van der Waals surface area (Å²) in [5, 5.41) is 13.2. The lowest BCUT2D eigenvalue weighted by Crippen LogP contribution is -2.03. The first-order valence-electron chi connectivity index (χ1n) is 6.26. The van der Waals surface area contributed by atoms with Crippen LogP contribution in [0.15, 0.2) is 52.5 Å². The maximum atomic E-state index is 11.2. The summed E-state index contributed by atoms with van der Waals surface area (Å²) >= 11 is 0.625. The molecule has 2 aromatic rings. The molecule has 0 unspecified atom stereocenters. The van der Waals surface area contributed by atoms with Crippen molar-refractivity contribution < 1.29 is 19.2 Å². The number of ether oxygens (including phenoxy) is 1. The number of methoxy groups -OCH3 is 1. The van der Waals surface area contributed by atoms with E-state index in [1.54, 1.807) is 30.3 Å². The highest BCUT2D eigenvalue weighted by atomic mass is 32.2. The number of hydrogen-bond acceptors (Lipinski definition) is 6. The zero-order valence-electron chi connectivity index (χ0n) is 11.7. The Morgan fingerprint density at radius 2 is 2.09 bits per heavy atom. The van der Waals surface area contributed by atoms with Crippen LogP contribution in [0.1, 0.15) is 15.9 Å². The van der Waals surface area contributed by atoms with Gasteiger partial charge in [0.1, 0.15) is 5.75 Å². The molecule has 0 heterocycles. The first kappa shape index (κ1) is 15.9. The molecule has 0 aromatic heterocycles. The fourth-order valence-corrected chi connectivity index (χ4v) is 2.13. The summed E-state index contributed by atoms with van der Waals surface area (Å²) in [6.45, 7) is 0. The van der Waals surface area contributed by atoms with Gasteiger partial charge >= 0.3 is 5.97 Å². The second-order valence-electron chi connectivity index (χ2n) is 4.22. The third-order valence-corrected chi connectivity index (χ3v) is 3.43. The van der Waals surface area contributed by atoms with Crippen LogP contribution in [0.5, 0.6) is 5.75 Å². The average molecular weight is 318 g/mol. The molecule has 114 valence electrons. The number of carboxylic acid groups (broad SMARTS) is 1. The van der Waals surface area contributed by atoms with Gasteiger partial charge in [0.2, 0.25) is 0 Å². The Bertz CT molecular complexity index is 704. The van der Waals surface area contributed by atoms with E-state index in [9.17, 15) is 9.90 Å². The van der Waals surface area contributed by atoms with E-state index in [1.165, 1.54) is 19.4 Å². The third kappa shape index (κ3) is 3.78. The molecule has 0 saturated carbocycles. The molecule has 6 nitrogen and oxygen atoms in total. The maximum Gasteiger partial charge on any atom is 0.338 e. The lowest BCUT2D eigenvalue weighted by molar-refractivity contribution is 0.0697. The second kappa shape index (κ2) is 7.48. The number of rotatable bonds is 6. The SMILES string of the molecule is COc1ccc(N/N=C/c2ccccc2SO)c(C(=O)O)c1. The van der Waals surface area contributed by atoms with Crippen LogP contribution in [0.25, 0.3) is 0 Å². The molecule has 0 aliphatic carbocycles. The molecule has 0 saturated heterocycles. The molecule has 0 aliphatic heterocycles. The normalized spacial score (nSPS) is 10.6. The van der Waals surface area contributed by atoms with Gasteiger partial charge in [-0.1, -0.05) is 18.2 Å². The second-order valence-corrected chi connectivity index (χ2v) is 4.84. The zero-order valence-corrected chi connectivity index (χ0v) is 12.5. The monoisotopic (exact) mass is 318 g/mol. The number of aromatic carboxylic acids is 1. The molecule has 0 atom stereocenters. The summed E-state index contributed by atoms with van der Waals surface area (Å²) in [6.07, 6.45) is 1.51. The van der Waals surface area contributed by atoms with E-state index >= 15 is 0 Å². The highest BCUT2D eigenvalue weighted by molar-refractivity contribution is 7.93. The van der Waals surface area contributed by atoms with Gasteiger partial charge < -0.3 is 14.4 Å². The van der Waals surface area contributed by atoms with Crippen LogP contribution in [-0.2, 0) is 0 Å². The number of nitrogens with zero attached hydrogens (tertiary/aromatic N) is 1. The van der Waals surface area contributed by atoms with Crippen LogP contribution in [0, 0.1) is 0 Å². The predicted octanol–water partition coefficient (Wildman–Crippen LogP) is 3.40. The highest BCUT2D eigenvalue weighted by Gasteiger charge is 2.11. The molecule has 0 aliphatic rings. The standard InChI is InChI=1S/C15H14N2O4S/c1-21-11-6-7-13(12(8-11)15(18)19)17-16-9-10-4-2-3-5-14(10)22-20/h2-9,17,20H,1H3,(H,18,19)/b16-9+. The first-order valence-corrected chi connectivity index (χ1v) is 7.04. The summed E-state index contributed by atoms with van der Waals surface area (Å²) in [7, 11) is 1.47. The number of hydrazone groups is 1. The largest absolute Gasteiger partial charge is 0.497 e. The van der Waals surface area contributed by atoms with E-state index < -0.39 is 5.97 Å². The molecule has 0 amide bonds. The Morgan fingerprint density at radius 3 is 2.77 bits per heavy atom. The van der Waals surface area contributed by atoms with Gasteiger partial charge in [0.05, 0.1) is 24.6 Å². The molecule has 0 fully saturated rings. The smallest absolute Gasteiger partial charge is 0.338 e. The Hall–Kier alpha value is -2.51. The molecule has 2 aromatic carbocycles. The van der Waals surface area contributed by atoms with Crippen LogP contribution in [0.2, 0.25) is 0 Å². The van der Waals surface area contributed by atoms with Crippen LogP contribution in [0.4, 0.5) is 5.69 Å². The summed E-state index contributed by atoms with van der Waals surface area (Å²) in [5.74, 6) is -0.628. The van der Waals surface area contributed by atoms with Crippen molar-refractivity contribution >= 4 is 29.9 Å². The summed E-state index contributed by atoms with van der Waals surface area (Å²) in [5.41, 5.74) is 3.81. The molecule has 0 bridgehead atoms. The van der Waals surface area contributed by atoms with E-state index in [0.29, 0.717) is 33.9 Å². The minimum Gasteiger partial charge on any atom is -0.497 e. The first-order chi connectivity index (χ1) is 10.7. The van der Waals surface area contributed by atoms with Crippen LogP contribution in [-0.4, -0.2) is 29.0 Å². The number of nitrogens with one attached hydrogen (secondary N) is 1. The van der Waals surface area contributed by atoms with Crippen molar-refractivity contribution in [2.24, 2.45) is 5.10 Å². The van der Waals surface area contributed by atoms with Crippen LogP contribution < -0.4 is 10.2 Å². The lowest BCUT2D eigenvalue weighted by atomic mass is 10.1. The lowest BCUT2D eigenvalue weighted by Gasteiger charge is -2.07. The van der Waals surface area contributed by atoms with Crippen molar-refractivity contribution in [2.45, 2.75) is 4.90 Å². The number of carbonyl (C=O) groups is 1. The number of carboxylic acids is 1. The zero-order chi connectivity index (χ0) is 15.9. The van der Waals surface area contributed by atoms with E-state index in [4.69, 9.17) is 9.29 Å². The molecular formula is C15H14N2O4S. The molecule has 2 rings (SSSR count). The van der Waals surface area contributed by atoms with Gasteiger partial charge in [0, 0.05) is 22.5 Å². The summed E-state index contributed by atoms with van der Waals surface area (Å²) in [4.78, 5) is 11.9. The molecule has 0 radical (unpaired) electrons. The van der Waals surface area contributed by atoms with Crippen LogP contribution in [0.3, 0.4) is 0 Å². The molecule has 22 heavy (non-hydrogen) atoms. The number of benzene rings is 2.